The summed E-state index contributed by atoms with van der Waals surface area (Å²) in [6, 6.07) is 8.17. The van der Waals surface area contributed by atoms with E-state index >= 15 is 0 Å². The van der Waals surface area contributed by atoms with E-state index in [1.54, 1.807) is 0 Å². The van der Waals surface area contributed by atoms with Gasteiger partial charge in [0.15, 0.2) is 5.82 Å². The van der Waals surface area contributed by atoms with Gasteiger partial charge in [-0.05, 0) is 27.7 Å². The van der Waals surface area contributed by atoms with Gasteiger partial charge in [0.1, 0.15) is 0 Å². The Balaban J connectivity index is 2.24. The van der Waals surface area contributed by atoms with Gasteiger partial charge in [0.2, 0.25) is 0 Å². The third-order valence-electron chi connectivity index (χ3n) is 3.09. The van der Waals surface area contributed by atoms with Crippen LogP contribution in [0.25, 0.3) is 10.8 Å². The summed E-state index contributed by atoms with van der Waals surface area (Å²) in [7, 11) is 0. The Morgan fingerprint density at radius 1 is 1.16 bits per heavy atom. The Kier molecular flexibility index (Phi) is 4.00. The molecule has 4 nitrogen and oxygen atoms in total. The van der Waals surface area contributed by atoms with Crippen molar-refractivity contribution in [2.24, 2.45) is 0 Å². The zero-order chi connectivity index (χ0) is 13.9. The maximum Gasteiger partial charge on any atom is 0.156 e. The highest BCUT2D eigenvalue weighted by Crippen LogP contribution is 2.23. The molecule has 0 saturated heterocycles. The first-order valence-corrected chi connectivity index (χ1v) is 6.63. The minimum Gasteiger partial charge on any atom is -0.374 e. The summed E-state index contributed by atoms with van der Waals surface area (Å²) in [5.74, 6) is 0.814. The number of aryl methyl sites for hydroxylation is 1. The van der Waals surface area contributed by atoms with Crippen LogP contribution >= 0.6 is 0 Å². The summed E-state index contributed by atoms with van der Waals surface area (Å²) in [6.45, 7) is 9.50. The minimum absolute atomic E-state index is 0.220. The number of ether oxygens (including phenoxy) is 1. The summed E-state index contributed by atoms with van der Waals surface area (Å²) in [4.78, 5) is 0. The van der Waals surface area contributed by atoms with E-state index in [0.29, 0.717) is 13.2 Å². The van der Waals surface area contributed by atoms with Crippen molar-refractivity contribution in [2.75, 3.05) is 18.5 Å². The summed E-state index contributed by atoms with van der Waals surface area (Å²) in [5.41, 5.74) is 0.729. The molecule has 1 aromatic carbocycles. The van der Waals surface area contributed by atoms with Gasteiger partial charge >= 0.3 is 0 Å². The quantitative estimate of drug-likeness (QED) is 0.896. The molecule has 4 heteroatoms. The maximum absolute atomic E-state index is 5.68. The van der Waals surface area contributed by atoms with Crippen molar-refractivity contribution >= 4 is 16.6 Å². The average Bonchev–Trinajstić information content (AvgIpc) is 2.38. The molecule has 2 aromatic rings. The van der Waals surface area contributed by atoms with Crippen molar-refractivity contribution in [1.29, 1.82) is 0 Å². The predicted octanol–water partition coefficient (Wildman–Crippen LogP) is 3.17. The van der Waals surface area contributed by atoms with E-state index in [9.17, 15) is 0 Å². The normalized spacial score (nSPS) is 11.8. The maximum atomic E-state index is 5.68. The Hall–Kier alpha value is -1.68. The number of benzene rings is 1. The summed E-state index contributed by atoms with van der Waals surface area (Å²) in [5, 5.41) is 14.0. The van der Waals surface area contributed by atoms with E-state index in [2.05, 4.69) is 41.5 Å². The van der Waals surface area contributed by atoms with Crippen molar-refractivity contribution in [3.05, 3.63) is 30.0 Å². The monoisotopic (exact) mass is 259 g/mol. The molecule has 102 valence electrons. The lowest BCUT2D eigenvalue weighted by atomic mass is 10.1. The Labute approximate surface area is 114 Å². The number of nitrogens with one attached hydrogen (secondary N) is 1. The first kappa shape index (κ1) is 13.7. The van der Waals surface area contributed by atoms with E-state index in [1.807, 2.05) is 26.0 Å². The second-order valence-corrected chi connectivity index (χ2v) is 5.23. The molecule has 0 atom stereocenters. The zero-order valence-electron chi connectivity index (χ0n) is 12.0. The van der Waals surface area contributed by atoms with Crippen molar-refractivity contribution in [3.8, 4) is 0 Å². The molecule has 0 radical (unpaired) electrons. The molecule has 1 N–H and O–H groups in total. The van der Waals surface area contributed by atoms with Gasteiger partial charge < -0.3 is 10.1 Å². The SMILES string of the molecule is CCOC(C)(C)CNc1nnc(C)c2ccccc12. The van der Waals surface area contributed by atoms with E-state index in [0.717, 1.165) is 22.3 Å². The van der Waals surface area contributed by atoms with Gasteiger partial charge in [-0.3, -0.25) is 0 Å². The van der Waals surface area contributed by atoms with Gasteiger partial charge in [0.05, 0.1) is 11.3 Å². The molecule has 0 fully saturated rings. The highest BCUT2D eigenvalue weighted by atomic mass is 16.5. The Morgan fingerprint density at radius 2 is 1.84 bits per heavy atom. The lowest BCUT2D eigenvalue weighted by Gasteiger charge is -2.25. The smallest absolute Gasteiger partial charge is 0.156 e. The van der Waals surface area contributed by atoms with Crippen LogP contribution in [0.15, 0.2) is 24.3 Å². The first-order valence-electron chi connectivity index (χ1n) is 6.63. The van der Waals surface area contributed by atoms with Gasteiger partial charge in [-0.15, -0.1) is 5.10 Å². The topological polar surface area (TPSA) is 47.0 Å². The predicted molar refractivity (Wildman–Crippen MR) is 78.5 cm³/mol. The molecule has 0 bridgehead atoms. The van der Waals surface area contributed by atoms with Crippen LogP contribution in [0.5, 0.6) is 0 Å². The molecular weight excluding hydrogens is 238 g/mol. The molecular formula is C15H21N3O. The van der Waals surface area contributed by atoms with E-state index in [-0.39, 0.29) is 5.60 Å². The number of anilines is 1. The largest absolute Gasteiger partial charge is 0.374 e. The van der Waals surface area contributed by atoms with Gasteiger partial charge in [0, 0.05) is 23.9 Å². The molecule has 2 rings (SSSR count). The van der Waals surface area contributed by atoms with Gasteiger partial charge in [-0.25, -0.2) is 0 Å². The molecule has 1 heterocycles. The molecule has 0 aliphatic carbocycles. The molecule has 0 saturated carbocycles. The Bertz CT molecular complexity index is 566. The Morgan fingerprint density at radius 3 is 2.53 bits per heavy atom. The molecule has 0 amide bonds. The van der Waals surface area contributed by atoms with Crippen LogP contribution in [-0.4, -0.2) is 29.0 Å². The summed E-state index contributed by atoms with van der Waals surface area (Å²) in [6.07, 6.45) is 0. The lowest BCUT2D eigenvalue weighted by molar-refractivity contribution is 0.000655. The third kappa shape index (κ3) is 3.20. The molecule has 1 aromatic heterocycles. The van der Waals surface area contributed by atoms with Crippen LogP contribution in [0.1, 0.15) is 26.5 Å². The fourth-order valence-electron chi connectivity index (χ4n) is 2.11. The minimum atomic E-state index is -0.220. The molecule has 0 spiro atoms. The fourth-order valence-corrected chi connectivity index (χ4v) is 2.11. The van der Waals surface area contributed by atoms with Crippen LogP contribution in [0.2, 0.25) is 0 Å². The second kappa shape index (κ2) is 5.53. The van der Waals surface area contributed by atoms with Crippen molar-refractivity contribution in [1.82, 2.24) is 10.2 Å². The van der Waals surface area contributed by atoms with E-state index in [4.69, 9.17) is 4.74 Å². The lowest BCUT2D eigenvalue weighted by Crippen LogP contribution is -2.33. The van der Waals surface area contributed by atoms with Crippen LogP contribution < -0.4 is 5.32 Å². The van der Waals surface area contributed by atoms with Gasteiger partial charge in [0.25, 0.3) is 0 Å². The fraction of sp³-hybridized carbons (Fsp3) is 0.467. The molecule has 0 unspecified atom stereocenters. The van der Waals surface area contributed by atoms with E-state index < -0.39 is 0 Å². The standard InChI is InChI=1S/C15H21N3O/c1-5-19-15(3,4)10-16-14-13-9-7-6-8-12(13)11(2)17-18-14/h6-9H,5,10H2,1-4H3,(H,16,18). The number of rotatable bonds is 5. The molecule has 0 aliphatic rings. The first-order chi connectivity index (χ1) is 9.03. The van der Waals surface area contributed by atoms with Crippen LogP contribution in [-0.2, 0) is 4.74 Å². The van der Waals surface area contributed by atoms with Gasteiger partial charge in [-0.1, -0.05) is 24.3 Å². The summed E-state index contributed by atoms with van der Waals surface area (Å²) < 4.78 is 5.68. The highest BCUT2D eigenvalue weighted by molar-refractivity contribution is 5.92. The number of nitrogens with zero attached hydrogens (tertiary/aromatic N) is 2. The number of hydrogen-bond acceptors (Lipinski definition) is 4. The highest BCUT2D eigenvalue weighted by Gasteiger charge is 2.18. The number of fused-ring (bicyclic) bond motifs is 1. The van der Waals surface area contributed by atoms with Gasteiger partial charge in [-0.2, -0.15) is 5.10 Å². The zero-order valence-corrected chi connectivity index (χ0v) is 12.0. The second-order valence-electron chi connectivity index (χ2n) is 5.23. The average molecular weight is 259 g/mol. The molecule has 0 aliphatic heterocycles. The van der Waals surface area contributed by atoms with E-state index in [1.165, 1.54) is 0 Å². The number of aromatic nitrogens is 2. The number of hydrogen-bond donors (Lipinski definition) is 1. The van der Waals surface area contributed by atoms with Crippen molar-refractivity contribution in [3.63, 3.8) is 0 Å². The van der Waals surface area contributed by atoms with Crippen molar-refractivity contribution < 1.29 is 4.74 Å². The third-order valence-corrected chi connectivity index (χ3v) is 3.09. The van der Waals surface area contributed by atoms with Crippen molar-refractivity contribution in [2.45, 2.75) is 33.3 Å². The van der Waals surface area contributed by atoms with Crippen LogP contribution in [0.3, 0.4) is 0 Å². The summed E-state index contributed by atoms with van der Waals surface area (Å²) >= 11 is 0. The van der Waals surface area contributed by atoms with Crippen LogP contribution in [0.4, 0.5) is 5.82 Å². The molecule has 19 heavy (non-hydrogen) atoms. The van der Waals surface area contributed by atoms with Crippen LogP contribution in [0, 0.1) is 6.92 Å².